The predicted molar refractivity (Wildman–Crippen MR) is 98.6 cm³/mol. The number of benzene rings is 1. The molecule has 5 nitrogen and oxygen atoms in total. The zero-order chi connectivity index (χ0) is 17.8. The fourth-order valence-electron chi connectivity index (χ4n) is 3.26. The molecule has 0 bridgehead atoms. The number of amides is 1. The van der Waals surface area contributed by atoms with Gasteiger partial charge in [-0.05, 0) is 43.9 Å². The Labute approximate surface area is 153 Å². The van der Waals surface area contributed by atoms with Gasteiger partial charge in [-0.15, -0.1) is 0 Å². The lowest BCUT2D eigenvalue weighted by Gasteiger charge is -2.12. The SMILES string of the molecule is CCc1nn(-c2cccc(Cl)c2)c(CC)c1C(=O)NCC1CCCO1. The highest BCUT2D eigenvalue weighted by molar-refractivity contribution is 6.30. The first-order chi connectivity index (χ1) is 12.1. The number of nitrogens with zero attached hydrogens (tertiary/aromatic N) is 2. The smallest absolute Gasteiger partial charge is 0.255 e. The van der Waals surface area contributed by atoms with Crippen LogP contribution in [0.4, 0.5) is 0 Å². The quantitative estimate of drug-likeness (QED) is 0.855. The maximum atomic E-state index is 12.8. The molecule has 1 aromatic carbocycles. The van der Waals surface area contributed by atoms with Crippen LogP contribution in [0.5, 0.6) is 0 Å². The summed E-state index contributed by atoms with van der Waals surface area (Å²) in [5.74, 6) is -0.0718. The van der Waals surface area contributed by atoms with Gasteiger partial charge in [0.25, 0.3) is 5.91 Å². The Morgan fingerprint density at radius 1 is 1.40 bits per heavy atom. The normalized spacial score (nSPS) is 17.0. The Morgan fingerprint density at radius 3 is 2.88 bits per heavy atom. The minimum Gasteiger partial charge on any atom is -0.376 e. The van der Waals surface area contributed by atoms with E-state index in [1.165, 1.54) is 0 Å². The van der Waals surface area contributed by atoms with E-state index in [0.717, 1.165) is 36.5 Å². The number of hydrogen-bond donors (Lipinski definition) is 1. The molecule has 1 aromatic heterocycles. The van der Waals surface area contributed by atoms with E-state index < -0.39 is 0 Å². The largest absolute Gasteiger partial charge is 0.376 e. The molecule has 2 heterocycles. The van der Waals surface area contributed by atoms with Crippen molar-refractivity contribution in [2.24, 2.45) is 0 Å². The molecule has 1 aliphatic heterocycles. The minimum atomic E-state index is -0.0718. The Morgan fingerprint density at radius 2 is 2.24 bits per heavy atom. The van der Waals surface area contributed by atoms with Crippen molar-refractivity contribution in [1.82, 2.24) is 15.1 Å². The fraction of sp³-hybridized carbons (Fsp3) is 0.474. The van der Waals surface area contributed by atoms with Crippen molar-refractivity contribution >= 4 is 17.5 Å². The van der Waals surface area contributed by atoms with Gasteiger partial charge in [-0.2, -0.15) is 5.10 Å². The zero-order valence-electron chi connectivity index (χ0n) is 14.7. The zero-order valence-corrected chi connectivity index (χ0v) is 15.5. The van der Waals surface area contributed by atoms with E-state index in [-0.39, 0.29) is 12.0 Å². The minimum absolute atomic E-state index is 0.0718. The average molecular weight is 362 g/mol. The Bertz CT molecular complexity index is 751. The number of nitrogens with one attached hydrogen (secondary N) is 1. The van der Waals surface area contributed by atoms with Crippen LogP contribution in [-0.2, 0) is 17.6 Å². The summed E-state index contributed by atoms with van der Waals surface area (Å²) >= 11 is 6.12. The van der Waals surface area contributed by atoms with Crippen molar-refractivity contribution in [1.29, 1.82) is 0 Å². The van der Waals surface area contributed by atoms with E-state index in [1.807, 2.05) is 42.8 Å². The fourth-order valence-corrected chi connectivity index (χ4v) is 3.45. The number of halogens is 1. The maximum absolute atomic E-state index is 12.8. The van der Waals surface area contributed by atoms with Crippen LogP contribution >= 0.6 is 11.6 Å². The highest BCUT2D eigenvalue weighted by Crippen LogP contribution is 2.22. The molecule has 0 radical (unpaired) electrons. The predicted octanol–water partition coefficient (Wildman–Crippen LogP) is 3.56. The van der Waals surface area contributed by atoms with Crippen LogP contribution < -0.4 is 5.32 Å². The second kappa shape index (κ2) is 8.02. The number of ether oxygens (including phenoxy) is 1. The van der Waals surface area contributed by atoms with Gasteiger partial charge >= 0.3 is 0 Å². The van der Waals surface area contributed by atoms with E-state index in [9.17, 15) is 4.79 Å². The number of carbonyl (C=O) groups excluding carboxylic acids is 1. The van der Waals surface area contributed by atoms with Crippen LogP contribution in [0, 0.1) is 0 Å². The molecule has 1 fully saturated rings. The van der Waals surface area contributed by atoms with Crippen LogP contribution in [0.2, 0.25) is 5.02 Å². The van der Waals surface area contributed by atoms with Crippen LogP contribution in [0.1, 0.15) is 48.4 Å². The molecule has 6 heteroatoms. The van der Waals surface area contributed by atoms with Crippen LogP contribution in [0.25, 0.3) is 5.69 Å². The summed E-state index contributed by atoms with van der Waals surface area (Å²) in [6.45, 7) is 5.39. The van der Waals surface area contributed by atoms with E-state index in [4.69, 9.17) is 16.3 Å². The lowest BCUT2D eigenvalue weighted by atomic mass is 10.1. The standard InChI is InChI=1S/C19H24ClN3O2/c1-3-16-18(19(24)21-12-15-9-6-10-25-15)17(4-2)23(22-16)14-8-5-7-13(20)11-14/h5,7-8,11,15H,3-4,6,9-10,12H2,1-2H3,(H,21,24). The van der Waals surface area contributed by atoms with Crippen molar-refractivity contribution in [3.63, 3.8) is 0 Å². The van der Waals surface area contributed by atoms with E-state index in [0.29, 0.717) is 30.0 Å². The lowest BCUT2D eigenvalue weighted by Crippen LogP contribution is -2.32. The molecule has 1 amide bonds. The van der Waals surface area contributed by atoms with E-state index >= 15 is 0 Å². The maximum Gasteiger partial charge on any atom is 0.255 e. The first-order valence-electron chi connectivity index (χ1n) is 8.90. The van der Waals surface area contributed by atoms with Crippen LogP contribution in [-0.4, -0.2) is 34.9 Å². The third-order valence-electron chi connectivity index (χ3n) is 4.52. The Kier molecular flexibility index (Phi) is 5.76. The first-order valence-corrected chi connectivity index (χ1v) is 9.28. The second-order valence-electron chi connectivity index (χ2n) is 6.21. The molecule has 1 aliphatic rings. The Hall–Kier alpha value is -1.85. The summed E-state index contributed by atoms with van der Waals surface area (Å²) < 4.78 is 7.43. The number of rotatable bonds is 6. The van der Waals surface area contributed by atoms with E-state index in [1.54, 1.807) is 0 Å². The molecule has 1 N–H and O–H groups in total. The molecule has 0 saturated carbocycles. The van der Waals surface area contributed by atoms with Crippen molar-refractivity contribution in [2.45, 2.75) is 45.6 Å². The van der Waals surface area contributed by atoms with Gasteiger partial charge in [-0.25, -0.2) is 4.68 Å². The summed E-state index contributed by atoms with van der Waals surface area (Å²) in [6, 6.07) is 7.53. The monoisotopic (exact) mass is 361 g/mol. The van der Waals surface area contributed by atoms with Gasteiger partial charge in [-0.1, -0.05) is 31.5 Å². The third-order valence-corrected chi connectivity index (χ3v) is 4.75. The highest BCUT2D eigenvalue weighted by atomic mass is 35.5. The van der Waals surface area contributed by atoms with Gasteiger partial charge in [-0.3, -0.25) is 4.79 Å². The van der Waals surface area contributed by atoms with Crippen LogP contribution in [0.15, 0.2) is 24.3 Å². The summed E-state index contributed by atoms with van der Waals surface area (Å²) in [7, 11) is 0. The Balaban J connectivity index is 1.90. The summed E-state index contributed by atoms with van der Waals surface area (Å²) in [5, 5.41) is 8.35. The number of hydrogen-bond acceptors (Lipinski definition) is 3. The van der Waals surface area contributed by atoms with Crippen molar-refractivity contribution in [3.8, 4) is 5.69 Å². The van der Waals surface area contributed by atoms with Gasteiger partial charge in [0.05, 0.1) is 28.7 Å². The summed E-state index contributed by atoms with van der Waals surface area (Å²) in [5.41, 5.74) is 3.27. The third kappa shape index (κ3) is 3.88. The van der Waals surface area contributed by atoms with Gasteiger partial charge in [0.1, 0.15) is 0 Å². The van der Waals surface area contributed by atoms with Crippen molar-refractivity contribution < 1.29 is 9.53 Å². The van der Waals surface area contributed by atoms with Gasteiger partial charge < -0.3 is 10.1 Å². The summed E-state index contributed by atoms with van der Waals surface area (Å²) in [6.07, 6.45) is 3.60. The second-order valence-corrected chi connectivity index (χ2v) is 6.65. The summed E-state index contributed by atoms with van der Waals surface area (Å²) in [4.78, 5) is 12.8. The van der Waals surface area contributed by atoms with Crippen LogP contribution in [0.3, 0.4) is 0 Å². The molecule has 0 aliphatic carbocycles. The van der Waals surface area contributed by atoms with Crippen molar-refractivity contribution in [3.05, 3.63) is 46.2 Å². The molecule has 1 unspecified atom stereocenters. The van der Waals surface area contributed by atoms with Crippen molar-refractivity contribution in [2.75, 3.05) is 13.2 Å². The lowest BCUT2D eigenvalue weighted by molar-refractivity contribution is 0.0856. The molecule has 2 aromatic rings. The highest BCUT2D eigenvalue weighted by Gasteiger charge is 2.24. The topological polar surface area (TPSA) is 56.2 Å². The number of aromatic nitrogens is 2. The molecule has 0 spiro atoms. The van der Waals surface area contributed by atoms with Gasteiger partial charge in [0.15, 0.2) is 0 Å². The van der Waals surface area contributed by atoms with Gasteiger partial charge in [0, 0.05) is 18.2 Å². The molecule has 1 atom stereocenters. The van der Waals surface area contributed by atoms with E-state index in [2.05, 4.69) is 10.4 Å². The average Bonchev–Trinajstić information content (AvgIpc) is 3.26. The molecule has 1 saturated heterocycles. The van der Waals surface area contributed by atoms with Gasteiger partial charge in [0.2, 0.25) is 0 Å². The molecule has 3 rings (SSSR count). The first kappa shape index (κ1) is 18.0. The molecular weight excluding hydrogens is 338 g/mol. The molecular formula is C19H24ClN3O2. The number of carbonyl (C=O) groups is 1. The molecule has 25 heavy (non-hydrogen) atoms. The number of aryl methyl sites for hydroxylation is 1. The molecule has 134 valence electrons.